The molecular weight excluding hydrogens is 198 g/mol. The van der Waals surface area contributed by atoms with Crippen LogP contribution in [0.15, 0.2) is 0 Å². The molecule has 0 aliphatic rings. The topological polar surface area (TPSA) is 115 Å². The lowest BCUT2D eigenvalue weighted by atomic mass is 10.2. The van der Waals surface area contributed by atoms with E-state index in [1.807, 2.05) is 0 Å². The molecule has 0 aromatic rings. The van der Waals surface area contributed by atoms with E-state index in [9.17, 15) is 18.0 Å². The van der Waals surface area contributed by atoms with E-state index < -0.39 is 27.6 Å². The molecule has 0 bridgehead atoms. The Balaban J connectivity index is 3.59. The third-order valence-corrected chi connectivity index (χ3v) is 2.14. The van der Waals surface area contributed by atoms with Gasteiger partial charge in [-0.15, -0.1) is 0 Å². The lowest BCUT2D eigenvalue weighted by molar-refractivity contribution is -0.136. The molecule has 0 unspecified atom stereocenters. The van der Waals surface area contributed by atoms with Crippen LogP contribution in [-0.2, 0) is 19.7 Å². The fourth-order valence-electron chi connectivity index (χ4n) is 0.693. The molecule has 0 rings (SSSR count). The molecule has 0 saturated heterocycles. The van der Waals surface area contributed by atoms with Crippen molar-refractivity contribution < 1.29 is 22.6 Å². The van der Waals surface area contributed by atoms with Gasteiger partial charge in [0.2, 0.25) is 5.78 Å². The number of nitrogens with two attached hydrogens (primary N) is 1. The Kier molecular flexibility index (Phi) is 4.57. The van der Waals surface area contributed by atoms with E-state index in [-0.39, 0.29) is 19.3 Å². The standard InChI is InChI=1S/C6H11NO5S/c7-6(9)5(8)3-1-2-4-13(10,11)12/h1-4H2,(H2,7,9)(H,10,11,12). The minimum atomic E-state index is -3.97. The summed E-state index contributed by atoms with van der Waals surface area (Å²) in [5.41, 5.74) is 4.65. The van der Waals surface area contributed by atoms with Gasteiger partial charge in [-0.05, 0) is 12.8 Å². The highest BCUT2D eigenvalue weighted by molar-refractivity contribution is 7.85. The van der Waals surface area contributed by atoms with E-state index in [0.29, 0.717) is 0 Å². The Labute approximate surface area is 75.9 Å². The van der Waals surface area contributed by atoms with Crippen molar-refractivity contribution in [2.45, 2.75) is 19.3 Å². The Morgan fingerprint density at radius 3 is 2.15 bits per heavy atom. The molecular formula is C6H11NO5S. The molecule has 6 nitrogen and oxygen atoms in total. The first-order valence-corrected chi connectivity index (χ1v) is 5.21. The number of carbonyl (C=O) groups excluding carboxylic acids is 2. The van der Waals surface area contributed by atoms with Crippen LogP contribution >= 0.6 is 0 Å². The van der Waals surface area contributed by atoms with Crippen LogP contribution in [0.5, 0.6) is 0 Å². The Morgan fingerprint density at radius 1 is 1.23 bits per heavy atom. The van der Waals surface area contributed by atoms with E-state index in [4.69, 9.17) is 4.55 Å². The second kappa shape index (κ2) is 4.93. The number of hydrogen-bond donors (Lipinski definition) is 2. The van der Waals surface area contributed by atoms with Gasteiger partial charge in [-0.2, -0.15) is 8.42 Å². The van der Waals surface area contributed by atoms with Crippen molar-refractivity contribution in [3.8, 4) is 0 Å². The van der Waals surface area contributed by atoms with Crippen LogP contribution in [0.2, 0.25) is 0 Å². The molecule has 0 saturated carbocycles. The summed E-state index contributed by atoms with van der Waals surface area (Å²) in [6.07, 6.45) is 0.282. The molecule has 0 fully saturated rings. The number of amides is 1. The molecule has 0 aliphatic heterocycles. The molecule has 13 heavy (non-hydrogen) atoms. The number of unbranched alkanes of at least 4 members (excludes halogenated alkanes) is 1. The van der Waals surface area contributed by atoms with Gasteiger partial charge in [-0.25, -0.2) is 0 Å². The Bertz CT molecular complexity index is 294. The SMILES string of the molecule is NC(=O)C(=O)CCCCS(=O)(=O)O. The van der Waals surface area contributed by atoms with Crippen molar-refractivity contribution in [1.29, 1.82) is 0 Å². The minimum absolute atomic E-state index is 0.0785. The molecule has 3 N–H and O–H groups in total. The van der Waals surface area contributed by atoms with Gasteiger partial charge in [-0.3, -0.25) is 14.1 Å². The highest BCUT2D eigenvalue weighted by atomic mass is 32.2. The van der Waals surface area contributed by atoms with Crippen LogP contribution in [0.1, 0.15) is 19.3 Å². The van der Waals surface area contributed by atoms with E-state index >= 15 is 0 Å². The number of rotatable bonds is 6. The van der Waals surface area contributed by atoms with E-state index in [1.165, 1.54) is 0 Å². The molecule has 0 radical (unpaired) electrons. The van der Waals surface area contributed by atoms with E-state index in [1.54, 1.807) is 0 Å². The fourth-order valence-corrected chi connectivity index (χ4v) is 1.26. The number of carbonyl (C=O) groups is 2. The third kappa shape index (κ3) is 7.41. The van der Waals surface area contributed by atoms with Crippen LogP contribution in [0.25, 0.3) is 0 Å². The fraction of sp³-hybridized carbons (Fsp3) is 0.667. The van der Waals surface area contributed by atoms with Gasteiger partial charge < -0.3 is 5.73 Å². The van der Waals surface area contributed by atoms with Crippen molar-refractivity contribution in [2.75, 3.05) is 5.75 Å². The number of primary amides is 1. The average molecular weight is 209 g/mol. The van der Waals surface area contributed by atoms with Gasteiger partial charge in [0, 0.05) is 6.42 Å². The second-order valence-corrected chi connectivity index (χ2v) is 4.10. The number of Topliss-reactive ketones (excluding diaryl/α,β-unsaturated/α-hetero) is 1. The zero-order valence-corrected chi connectivity index (χ0v) is 7.71. The first-order valence-electron chi connectivity index (χ1n) is 3.61. The predicted molar refractivity (Wildman–Crippen MR) is 44.5 cm³/mol. The molecule has 7 heteroatoms. The lowest BCUT2D eigenvalue weighted by Gasteiger charge is -1.96. The molecule has 1 amide bonds. The molecule has 0 aliphatic carbocycles. The number of ketones is 1. The molecule has 0 heterocycles. The molecule has 0 spiro atoms. The lowest BCUT2D eigenvalue weighted by Crippen LogP contribution is -2.22. The van der Waals surface area contributed by atoms with Crippen molar-refractivity contribution in [1.82, 2.24) is 0 Å². The molecule has 0 aromatic heterocycles. The largest absolute Gasteiger partial charge is 0.363 e. The zero-order chi connectivity index (χ0) is 10.5. The van der Waals surface area contributed by atoms with Crippen molar-refractivity contribution in [2.24, 2.45) is 5.73 Å². The van der Waals surface area contributed by atoms with Crippen molar-refractivity contribution in [3.05, 3.63) is 0 Å². The maximum Gasteiger partial charge on any atom is 0.284 e. The minimum Gasteiger partial charge on any atom is -0.363 e. The first-order chi connectivity index (χ1) is 5.83. The maximum absolute atomic E-state index is 10.6. The molecule has 76 valence electrons. The van der Waals surface area contributed by atoms with Crippen LogP contribution < -0.4 is 5.73 Å². The summed E-state index contributed by atoms with van der Waals surface area (Å²) in [6.45, 7) is 0. The van der Waals surface area contributed by atoms with Crippen LogP contribution in [0.4, 0.5) is 0 Å². The summed E-state index contributed by atoms with van der Waals surface area (Å²) in [5, 5.41) is 0. The van der Waals surface area contributed by atoms with Crippen LogP contribution in [0, 0.1) is 0 Å². The smallest absolute Gasteiger partial charge is 0.284 e. The van der Waals surface area contributed by atoms with E-state index in [2.05, 4.69) is 5.73 Å². The summed E-state index contributed by atoms with van der Waals surface area (Å²) >= 11 is 0. The van der Waals surface area contributed by atoms with Crippen molar-refractivity contribution in [3.63, 3.8) is 0 Å². The summed E-state index contributed by atoms with van der Waals surface area (Å²) in [4.78, 5) is 20.8. The average Bonchev–Trinajstić information content (AvgIpc) is 1.95. The summed E-state index contributed by atoms with van der Waals surface area (Å²) in [6, 6.07) is 0. The third-order valence-electron chi connectivity index (χ3n) is 1.33. The summed E-state index contributed by atoms with van der Waals surface area (Å²) < 4.78 is 28.7. The van der Waals surface area contributed by atoms with Crippen LogP contribution in [-0.4, -0.2) is 30.4 Å². The summed E-state index contributed by atoms with van der Waals surface area (Å²) in [7, 11) is -3.97. The normalized spacial score (nSPS) is 11.2. The van der Waals surface area contributed by atoms with Gasteiger partial charge in [0.1, 0.15) is 0 Å². The Hall–Kier alpha value is -0.950. The zero-order valence-electron chi connectivity index (χ0n) is 6.89. The van der Waals surface area contributed by atoms with Crippen molar-refractivity contribution >= 4 is 21.8 Å². The van der Waals surface area contributed by atoms with Gasteiger partial charge in [0.25, 0.3) is 16.0 Å². The molecule has 0 atom stereocenters. The van der Waals surface area contributed by atoms with Crippen LogP contribution in [0.3, 0.4) is 0 Å². The first kappa shape index (κ1) is 12.0. The predicted octanol–water partition coefficient (Wildman–Crippen LogP) is -0.901. The highest BCUT2D eigenvalue weighted by Crippen LogP contribution is 1.98. The van der Waals surface area contributed by atoms with Gasteiger partial charge in [-0.1, -0.05) is 0 Å². The van der Waals surface area contributed by atoms with Gasteiger partial charge in [0.15, 0.2) is 0 Å². The molecule has 0 aromatic carbocycles. The number of hydrogen-bond acceptors (Lipinski definition) is 4. The highest BCUT2D eigenvalue weighted by Gasteiger charge is 2.09. The summed E-state index contributed by atoms with van der Waals surface area (Å²) in [5.74, 6) is -2.15. The van der Waals surface area contributed by atoms with Gasteiger partial charge in [0.05, 0.1) is 5.75 Å². The monoisotopic (exact) mass is 209 g/mol. The maximum atomic E-state index is 10.6. The quantitative estimate of drug-likeness (QED) is 0.334. The Morgan fingerprint density at radius 2 is 1.77 bits per heavy atom. The van der Waals surface area contributed by atoms with E-state index in [0.717, 1.165) is 0 Å². The van der Waals surface area contributed by atoms with Gasteiger partial charge >= 0.3 is 0 Å². The second-order valence-electron chi connectivity index (χ2n) is 2.53.